The summed E-state index contributed by atoms with van der Waals surface area (Å²) >= 11 is 0. The number of rotatable bonds is 2. The molecule has 0 bridgehead atoms. The molecular weight excluding hydrogens is 198 g/mol. The summed E-state index contributed by atoms with van der Waals surface area (Å²) in [6.07, 6.45) is 8.32. The van der Waals surface area contributed by atoms with E-state index in [9.17, 15) is 0 Å². The van der Waals surface area contributed by atoms with Crippen LogP contribution in [0.3, 0.4) is 0 Å². The molecule has 1 aromatic heterocycles. The molecule has 2 N–H and O–H groups in total. The maximum Gasteiger partial charge on any atom is 0.125 e. The summed E-state index contributed by atoms with van der Waals surface area (Å²) in [5.41, 5.74) is 6.99. The average molecular weight is 219 g/mol. The lowest BCUT2D eigenvalue weighted by atomic mass is 10.1. The molecule has 0 aliphatic carbocycles. The van der Waals surface area contributed by atoms with Gasteiger partial charge in [-0.05, 0) is 25.3 Å². The molecule has 88 valence electrons. The number of nitrogens with zero attached hydrogens (tertiary/aromatic N) is 2. The third-order valence-electron chi connectivity index (χ3n) is 3.44. The van der Waals surface area contributed by atoms with E-state index in [4.69, 9.17) is 5.73 Å². The van der Waals surface area contributed by atoms with Gasteiger partial charge in [0.05, 0.1) is 0 Å². The van der Waals surface area contributed by atoms with Gasteiger partial charge in [-0.3, -0.25) is 0 Å². The van der Waals surface area contributed by atoms with Gasteiger partial charge in [-0.1, -0.05) is 19.8 Å². The monoisotopic (exact) mass is 219 g/mol. The number of hydrogen-bond donors (Lipinski definition) is 1. The molecule has 0 amide bonds. The molecule has 1 unspecified atom stereocenters. The van der Waals surface area contributed by atoms with Crippen molar-refractivity contribution in [1.82, 2.24) is 4.98 Å². The highest BCUT2D eigenvalue weighted by Crippen LogP contribution is 2.26. The lowest BCUT2D eigenvalue weighted by molar-refractivity contribution is 0.556. The average Bonchev–Trinajstić information content (AvgIpc) is 2.53. The predicted octanol–water partition coefficient (Wildman–Crippen LogP) is 2.82. The highest BCUT2D eigenvalue weighted by Gasteiger charge is 2.19. The van der Waals surface area contributed by atoms with Crippen molar-refractivity contribution in [3.63, 3.8) is 0 Å². The molecule has 1 fully saturated rings. The van der Waals surface area contributed by atoms with Gasteiger partial charge in [0.15, 0.2) is 0 Å². The lowest BCUT2D eigenvalue weighted by Gasteiger charge is -2.31. The Bertz CT molecular complexity index is 338. The van der Waals surface area contributed by atoms with Crippen LogP contribution in [0, 0.1) is 0 Å². The lowest BCUT2D eigenvalue weighted by Crippen LogP contribution is -2.34. The Morgan fingerprint density at radius 1 is 1.44 bits per heavy atom. The van der Waals surface area contributed by atoms with Crippen LogP contribution in [-0.2, 0) is 0 Å². The van der Waals surface area contributed by atoms with E-state index >= 15 is 0 Å². The van der Waals surface area contributed by atoms with E-state index in [-0.39, 0.29) is 0 Å². The molecule has 0 radical (unpaired) electrons. The Balaban J connectivity index is 2.21. The first-order valence-corrected chi connectivity index (χ1v) is 6.29. The second-order valence-corrected chi connectivity index (χ2v) is 4.54. The topological polar surface area (TPSA) is 42.2 Å². The van der Waals surface area contributed by atoms with Crippen molar-refractivity contribution in [2.24, 2.45) is 0 Å². The molecule has 1 aliphatic rings. The molecule has 2 rings (SSSR count). The van der Waals surface area contributed by atoms with Gasteiger partial charge >= 0.3 is 0 Å². The van der Waals surface area contributed by atoms with Crippen molar-refractivity contribution in [3.8, 4) is 0 Å². The highest BCUT2D eigenvalue weighted by atomic mass is 15.2. The molecule has 1 aliphatic heterocycles. The molecule has 0 spiro atoms. The standard InChI is InChI=1S/C13H21N3/c1-2-11-6-4-3-5-9-16(11)12-7-8-15-13(14)10-12/h7-8,10-11H,2-6,9H2,1H3,(H2,14,15). The van der Waals surface area contributed by atoms with E-state index in [2.05, 4.69) is 22.9 Å². The van der Waals surface area contributed by atoms with Gasteiger partial charge in [0.1, 0.15) is 5.82 Å². The third-order valence-corrected chi connectivity index (χ3v) is 3.44. The van der Waals surface area contributed by atoms with Gasteiger partial charge in [0.25, 0.3) is 0 Å². The molecule has 16 heavy (non-hydrogen) atoms. The summed E-state index contributed by atoms with van der Waals surface area (Å²) in [7, 11) is 0. The van der Waals surface area contributed by atoms with Crippen LogP contribution in [0.25, 0.3) is 0 Å². The van der Waals surface area contributed by atoms with Crippen molar-refractivity contribution in [1.29, 1.82) is 0 Å². The number of pyridine rings is 1. The summed E-state index contributed by atoms with van der Waals surface area (Å²) in [6, 6.07) is 4.74. The van der Waals surface area contributed by atoms with E-state index in [0.717, 1.165) is 6.54 Å². The first-order chi connectivity index (χ1) is 7.81. The first kappa shape index (κ1) is 11.2. The second kappa shape index (κ2) is 5.19. The largest absolute Gasteiger partial charge is 0.384 e. The summed E-state index contributed by atoms with van der Waals surface area (Å²) in [5, 5.41) is 0. The molecule has 1 saturated heterocycles. The van der Waals surface area contributed by atoms with Gasteiger partial charge in [-0.25, -0.2) is 4.98 Å². The third kappa shape index (κ3) is 2.46. The van der Waals surface area contributed by atoms with Crippen LogP contribution < -0.4 is 10.6 Å². The minimum Gasteiger partial charge on any atom is -0.384 e. The summed E-state index contributed by atoms with van der Waals surface area (Å²) < 4.78 is 0. The van der Waals surface area contributed by atoms with Gasteiger partial charge < -0.3 is 10.6 Å². The summed E-state index contributed by atoms with van der Waals surface area (Å²) in [6.45, 7) is 3.43. The number of anilines is 2. The Hall–Kier alpha value is -1.25. The highest BCUT2D eigenvalue weighted by molar-refractivity contribution is 5.52. The van der Waals surface area contributed by atoms with Crippen LogP contribution in [0.1, 0.15) is 39.0 Å². The minimum absolute atomic E-state index is 0.622. The fourth-order valence-corrected chi connectivity index (χ4v) is 2.56. The van der Waals surface area contributed by atoms with Crippen LogP contribution >= 0.6 is 0 Å². The van der Waals surface area contributed by atoms with Gasteiger partial charge in [0.2, 0.25) is 0 Å². The maximum absolute atomic E-state index is 5.75. The Kier molecular flexibility index (Phi) is 3.65. The Morgan fingerprint density at radius 3 is 3.06 bits per heavy atom. The first-order valence-electron chi connectivity index (χ1n) is 6.29. The van der Waals surface area contributed by atoms with Crippen molar-refractivity contribution >= 4 is 11.5 Å². The number of nitrogen functional groups attached to an aromatic ring is 1. The number of aromatic nitrogens is 1. The maximum atomic E-state index is 5.75. The van der Waals surface area contributed by atoms with Crippen LogP contribution in [0.2, 0.25) is 0 Å². The molecule has 0 aromatic carbocycles. The summed E-state index contributed by atoms with van der Waals surface area (Å²) in [5.74, 6) is 0.622. The van der Waals surface area contributed by atoms with Crippen molar-refractivity contribution < 1.29 is 0 Å². The van der Waals surface area contributed by atoms with Crippen molar-refractivity contribution in [3.05, 3.63) is 18.3 Å². The van der Waals surface area contributed by atoms with E-state index in [0.29, 0.717) is 11.9 Å². The van der Waals surface area contributed by atoms with Crippen LogP contribution in [-0.4, -0.2) is 17.6 Å². The molecular formula is C13H21N3. The zero-order valence-corrected chi connectivity index (χ0v) is 10.0. The van der Waals surface area contributed by atoms with Crippen LogP contribution in [0.5, 0.6) is 0 Å². The minimum atomic E-state index is 0.622. The smallest absolute Gasteiger partial charge is 0.125 e. The molecule has 1 atom stereocenters. The molecule has 3 heteroatoms. The fourth-order valence-electron chi connectivity index (χ4n) is 2.56. The Labute approximate surface area is 97.7 Å². The van der Waals surface area contributed by atoms with Crippen molar-refractivity contribution in [2.45, 2.75) is 45.1 Å². The SMILES string of the molecule is CCC1CCCCCN1c1ccnc(N)c1. The van der Waals surface area contributed by atoms with Gasteiger partial charge in [0, 0.05) is 30.5 Å². The molecule has 3 nitrogen and oxygen atoms in total. The molecule has 2 heterocycles. The van der Waals surface area contributed by atoms with Crippen LogP contribution in [0.4, 0.5) is 11.5 Å². The van der Waals surface area contributed by atoms with Gasteiger partial charge in [-0.2, -0.15) is 0 Å². The van der Waals surface area contributed by atoms with E-state index < -0.39 is 0 Å². The predicted molar refractivity (Wildman–Crippen MR) is 68.5 cm³/mol. The zero-order chi connectivity index (χ0) is 11.4. The second-order valence-electron chi connectivity index (χ2n) is 4.54. The Morgan fingerprint density at radius 2 is 2.31 bits per heavy atom. The van der Waals surface area contributed by atoms with E-state index in [1.54, 1.807) is 0 Å². The normalized spacial score (nSPS) is 21.8. The van der Waals surface area contributed by atoms with E-state index in [1.165, 1.54) is 37.8 Å². The quantitative estimate of drug-likeness (QED) is 0.831. The zero-order valence-electron chi connectivity index (χ0n) is 10.0. The summed E-state index contributed by atoms with van der Waals surface area (Å²) in [4.78, 5) is 6.57. The van der Waals surface area contributed by atoms with Crippen molar-refractivity contribution in [2.75, 3.05) is 17.2 Å². The van der Waals surface area contributed by atoms with Gasteiger partial charge in [-0.15, -0.1) is 0 Å². The van der Waals surface area contributed by atoms with Crippen LogP contribution in [0.15, 0.2) is 18.3 Å². The number of hydrogen-bond acceptors (Lipinski definition) is 3. The molecule has 1 aromatic rings. The molecule has 0 saturated carbocycles. The van der Waals surface area contributed by atoms with E-state index in [1.807, 2.05) is 12.3 Å². The number of nitrogens with two attached hydrogens (primary N) is 1. The fraction of sp³-hybridized carbons (Fsp3) is 0.615.